The van der Waals surface area contributed by atoms with Gasteiger partial charge in [-0.05, 0) is 42.3 Å². The molecule has 0 N–H and O–H groups in total. The lowest BCUT2D eigenvalue weighted by Crippen LogP contribution is -1.99. The number of halogens is 1. The van der Waals surface area contributed by atoms with Crippen LogP contribution in [0.1, 0.15) is 1.43 Å². The van der Waals surface area contributed by atoms with Crippen molar-refractivity contribution >= 4 is 12.4 Å². The Morgan fingerprint density at radius 2 is 0.667 bits per heavy atom. The van der Waals surface area contributed by atoms with Crippen molar-refractivity contribution in [1.29, 1.82) is 0 Å². The number of hydrogen-bond donors (Lipinski definition) is 0. The van der Waals surface area contributed by atoms with Gasteiger partial charge in [0.1, 0.15) is 0 Å². The van der Waals surface area contributed by atoms with Gasteiger partial charge in [-0.3, -0.25) is 0 Å². The molecule has 0 aliphatic carbocycles. The van der Waals surface area contributed by atoms with Gasteiger partial charge in [0.2, 0.25) is 0 Å². The molecule has 0 aromatic heterocycles. The first-order valence-corrected chi connectivity index (χ1v) is 2.68. The van der Waals surface area contributed by atoms with Crippen LogP contribution in [0.25, 0.3) is 0 Å². The molecule has 0 amide bonds. The summed E-state index contributed by atoms with van der Waals surface area (Å²) in [6.45, 7) is 0. The van der Waals surface area contributed by atoms with Crippen LogP contribution in [0.15, 0.2) is 0 Å². The maximum absolute atomic E-state index is 2.00. The van der Waals surface area contributed by atoms with Crippen LogP contribution in [0.5, 0.6) is 0 Å². The molecule has 2 nitrogen and oxygen atoms in total. The Morgan fingerprint density at radius 1 is 0.667 bits per heavy atom. The van der Waals surface area contributed by atoms with E-state index in [1.54, 1.807) is 0 Å². The topological polar surface area (TPSA) is 6.48 Å². The van der Waals surface area contributed by atoms with Crippen molar-refractivity contribution in [2.45, 2.75) is 0 Å². The van der Waals surface area contributed by atoms with E-state index in [-0.39, 0.29) is 13.8 Å². The third-order valence-corrected chi connectivity index (χ3v) is 0. The van der Waals surface area contributed by atoms with Crippen LogP contribution < -0.4 is 0 Å². The standard InChI is InChI=1S/2C3H9N.ClH.H2/c2*1-4(2)3;;/h2*1-3H3;2*1H. The quantitative estimate of drug-likeness (QED) is 0.517. The second kappa shape index (κ2) is 11.1. The average molecular weight is 157 g/mol. The molecule has 62 valence electrons. The van der Waals surface area contributed by atoms with E-state index >= 15 is 0 Å². The zero-order valence-corrected chi connectivity index (χ0v) is 8.12. The number of rotatable bonds is 0. The summed E-state index contributed by atoms with van der Waals surface area (Å²) in [4.78, 5) is 4.00. The van der Waals surface area contributed by atoms with E-state index in [0.717, 1.165) is 0 Å². The normalized spacial score (nSPS) is 8.00. The van der Waals surface area contributed by atoms with E-state index in [2.05, 4.69) is 0 Å². The molecular formula is C6H21ClN2. The fourth-order valence-electron chi connectivity index (χ4n) is 0. The molecule has 0 aromatic rings. The summed E-state index contributed by atoms with van der Waals surface area (Å²) in [5, 5.41) is 0. The Labute approximate surface area is 66.7 Å². The minimum absolute atomic E-state index is 0. The lowest BCUT2D eigenvalue weighted by atomic mass is 11.0. The lowest BCUT2D eigenvalue weighted by Gasteiger charge is -1.90. The molecule has 0 spiro atoms. The Morgan fingerprint density at radius 3 is 0.667 bits per heavy atom. The SMILES string of the molecule is CN(C)C.CN(C)C.Cl.[HH]. The lowest BCUT2D eigenvalue weighted by molar-refractivity contribution is 0.505. The van der Waals surface area contributed by atoms with E-state index < -0.39 is 0 Å². The van der Waals surface area contributed by atoms with Crippen molar-refractivity contribution in [1.82, 2.24) is 9.80 Å². The van der Waals surface area contributed by atoms with E-state index in [9.17, 15) is 0 Å². The van der Waals surface area contributed by atoms with Gasteiger partial charge >= 0.3 is 0 Å². The summed E-state index contributed by atoms with van der Waals surface area (Å²) in [5.74, 6) is 0. The maximum Gasteiger partial charge on any atom is 0 e. The van der Waals surface area contributed by atoms with E-state index in [0.29, 0.717) is 0 Å². The van der Waals surface area contributed by atoms with Gasteiger partial charge in [-0.25, -0.2) is 0 Å². The highest BCUT2D eigenvalue weighted by atomic mass is 35.5. The first kappa shape index (κ1) is 16.1. The fraction of sp³-hybridized carbons (Fsp3) is 1.00. The second-order valence-corrected chi connectivity index (χ2v) is 2.68. The van der Waals surface area contributed by atoms with Gasteiger partial charge < -0.3 is 9.80 Å². The predicted octanol–water partition coefficient (Wildman–Crippen LogP) is 1.02. The zero-order valence-electron chi connectivity index (χ0n) is 7.30. The Kier molecular flexibility index (Phi) is 19.8. The molecule has 0 rings (SSSR count). The van der Waals surface area contributed by atoms with E-state index in [1.807, 2.05) is 52.1 Å². The largest absolute Gasteiger partial charge is 0.312 e. The minimum atomic E-state index is 0. The first-order valence-electron chi connectivity index (χ1n) is 2.68. The van der Waals surface area contributed by atoms with Crippen molar-refractivity contribution in [3.63, 3.8) is 0 Å². The van der Waals surface area contributed by atoms with Crippen LogP contribution in [-0.4, -0.2) is 52.1 Å². The van der Waals surface area contributed by atoms with Crippen molar-refractivity contribution in [2.75, 3.05) is 42.3 Å². The van der Waals surface area contributed by atoms with E-state index in [4.69, 9.17) is 0 Å². The van der Waals surface area contributed by atoms with Crippen LogP contribution in [0.3, 0.4) is 0 Å². The Bertz CT molecular complexity index is 31.2. The Balaban J connectivity index is -0.0000000300. The van der Waals surface area contributed by atoms with Gasteiger partial charge in [-0.2, -0.15) is 0 Å². The molecule has 0 aliphatic heterocycles. The summed E-state index contributed by atoms with van der Waals surface area (Å²) >= 11 is 0. The molecule has 0 heterocycles. The fourth-order valence-corrected chi connectivity index (χ4v) is 0. The van der Waals surface area contributed by atoms with Crippen LogP contribution in [0.2, 0.25) is 0 Å². The summed E-state index contributed by atoms with van der Waals surface area (Å²) in [6.07, 6.45) is 0. The van der Waals surface area contributed by atoms with Crippen molar-refractivity contribution in [3.05, 3.63) is 0 Å². The highest BCUT2D eigenvalue weighted by molar-refractivity contribution is 5.85. The molecule has 0 unspecified atom stereocenters. The molecule has 0 aromatic carbocycles. The van der Waals surface area contributed by atoms with Crippen molar-refractivity contribution in [2.24, 2.45) is 0 Å². The van der Waals surface area contributed by atoms with Crippen LogP contribution in [0.4, 0.5) is 0 Å². The predicted molar refractivity (Wildman–Crippen MR) is 48.6 cm³/mol. The van der Waals surface area contributed by atoms with Gasteiger partial charge in [0.15, 0.2) is 0 Å². The average Bonchev–Trinajstić information content (AvgIpc) is 1.25. The monoisotopic (exact) mass is 156 g/mol. The summed E-state index contributed by atoms with van der Waals surface area (Å²) in [7, 11) is 12.0. The summed E-state index contributed by atoms with van der Waals surface area (Å²) in [5.41, 5.74) is 0. The third-order valence-electron chi connectivity index (χ3n) is 0. The first-order chi connectivity index (χ1) is 3.46. The molecular weight excluding hydrogens is 136 g/mol. The molecule has 0 aliphatic rings. The molecule has 0 fully saturated rings. The minimum Gasteiger partial charge on any atom is -0.312 e. The van der Waals surface area contributed by atoms with Crippen LogP contribution in [-0.2, 0) is 0 Å². The number of nitrogens with zero attached hydrogens (tertiary/aromatic N) is 2. The van der Waals surface area contributed by atoms with Gasteiger partial charge in [0.25, 0.3) is 0 Å². The highest BCUT2D eigenvalue weighted by Crippen LogP contribution is 1.48. The molecule has 0 saturated heterocycles. The van der Waals surface area contributed by atoms with Crippen molar-refractivity contribution in [3.8, 4) is 0 Å². The number of hydrogen-bond acceptors (Lipinski definition) is 2. The van der Waals surface area contributed by atoms with E-state index in [1.165, 1.54) is 0 Å². The second-order valence-electron chi connectivity index (χ2n) is 2.68. The molecule has 3 heteroatoms. The molecule has 0 radical (unpaired) electrons. The van der Waals surface area contributed by atoms with Crippen molar-refractivity contribution < 1.29 is 1.43 Å². The highest BCUT2D eigenvalue weighted by Gasteiger charge is 1.58. The molecule has 0 saturated carbocycles. The Hall–Kier alpha value is 0.210. The van der Waals surface area contributed by atoms with Gasteiger partial charge in [0.05, 0.1) is 0 Å². The molecule has 0 bridgehead atoms. The third kappa shape index (κ3) is 7180. The maximum atomic E-state index is 2.00. The summed E-state index contributed by atoms with van der Waals surface area (Å²) in [6, 6.07) is 0. The van der Waals surface area contributed by atoms with Crippen LogP contribution in [0, 0.1) is 0 Å². The van der Waals surface area contributed by atoms with Crippen LogP contribution >= 0.6 is 12.4 Å². The van der Waals surface area contributed by atoms with Gasteiger partial charge in [0, 0.05) is 1.43 Å². The zero-order chi connectivity index (χ0) is 7.15. The van der Waals surface area contributed by atoms with Gasteiger partial charge in [-0.15, -0.1) is 12.4 Å². The van der Waals surface area contributed by atoms with Gasteiger partial charge in [-0.1, -0.05) is 0 Å². The smallest absolute Gasteiger partial charge is 0 e. The molecule has 0 atom stereocenters. The summed E-state index contributed by atoms with van der Waals surface area (Å²) < 4.78 is 0. The molecule has 9 heavy (non-hydrogen) atoms.